The van der Waals surface area contributed by atoms with Gasteiger partial charge in [0.05, 0.1) is 54.3 Å². The summed E-state index contributed by atoms with van der Waals surface area (Å²) < 4.78 is 31.9. The molecule has 12 heteroatoms. The molecule has 0 saturated heterocycles. The van der Waals surface area contributed by atoms with Gasteiger partial charge >= 0.3 is 23.9 Å². The average molecular weight is 685 g/mol. The lowest BCUT2D eigenvalue weighted by atomic mass is 10.1. The van der Waals surface area contributed by atoms with Gasteiger partial charge in [-0.15, -0.1) is 0 Å². The minimum Gasteiger partial charge on any atom is -0.491 e. The maximum absolute atomic E-state index is 12.8. The van der Waals surface area contributed by atoms with Crippen molar-refractivity contribution < 1.29 is 47.6 Å². The molecule has 0 aromatic heterocycles. The van der Waals surface area contributed by atoms with E-state index in [1.807, 2.05) is 26.8 Å². The number of benzene rings is 4. The van der Waals surface area contributed by atoms with Gasteiger partial charge in [-0.2, -0.15) is 0 Å². The monoisotopic (exact) mass is 684 g/mol. The van der Waals surface area contributed by atoms with Crippen LogP contribution >= 0.6 is 0 Å². The van der Waals surface area contributed by atoms with Crippen molar-refractivity contribution in [2.45, 2.75) is 27.2 Å². The maximum atomic E-state index is 12.8. The van der Waals surface area contributed by atoms with E-state index in [0.29, 0.717) is 29.2 Å². The van der Waals surface area contributed by atoms with Crippen molar-refractivity contribution in [3.8, 4) is 17.2 Å². The van der Waals surface area contributed by atoms with Gasteiger partial charge in [-0.05, 0) is 110 Å². The minimum atomic E-state index is -0.570. The number of carbonyl (C=O) groups excluding carboxylic acids is 4. The lowest BCUT2D eigenvalue weighted by molar-refractivity contribution is -0.149. The summed E-state index contributed by atoms with van der Waals surface area (Å²) in [5, 5.41) is 0. The van der Waals surface area contributed by atoms with Crippen molar-refractivity contribution in [3.63, 3.8) is 0 Å². The highest BCUT2D eigenvalue weighted by atomic mass is 16.6. The van der Waals surface area contributed by atoms with Crippen LogP contribution in [0.4, 0.5) is 11.4 Å². The summed E-state index contributed by atoms with van der Waals surface area (Å²) >= 11 is 0. The fourth-order valence-electron chi connectivity index (χ4n) is 4.30. The molecule has 50 heavy (non-hydrogen) atoms. The fraction of sp³-hybridized carbons (Fsp3) is 0.263. The Labute approximate surface area is 290 Å². The summed E-state index contributed by atoms with van der Waals surface area (Å²) in [6, 6.07) is 24.5. The predicted octanol–water partition coefficient (Wildman–Crippen LogP) is 6.64. The molecule has 1 atom stereocenters. The topological polar surface area (TPSA) is 148 Å². The van der Waals surface area contributed by atoms with E-state index in [-0.39, 0.29) is 43.0 Å². The highest BCUT2D eigenvalue weighted by molar-refractivity contribution is 5.93. The second kappa shape index (κ2) is 18.6. The van der Waals surface area contributed by atoms with Crippen LogP contribution in [0.15, 0.2) is 91.0 Å². The second-order valence-corrected chi connectivity index (χ2v) is 11.1. The molecule has 1 unspecified atom stereocenters. The van der Waals surface area contributed by atoms with Gasteiger partial charge in [0.25, 0.3) is 0 Å². The Bertz CT molecular complexity index is 1740. The average Bonchev–Trinajstić information content (AvgIpc) is 3.14. The molecule has 0 aliphatic rings. The third-order valence-corrected chi connectivity index (χ3v) is 7.41. The minimum absolute atomic E-state index is 0.126. The summed E-state index contributed by atoms with van der Waals surface area (Å²) in [6.07, 6.45) is 0.729. The maximum Gasteiger partial charge on any atom is 0.343 e. The summed E-state index contributed by atoms with van der Waals surface area (Å²) in [5.41, 5.74) is 9.33. The van der Waals surface area contributed by atoms with Crippen LogP contribution in [-0.4, -0.2) is 57.4 Å². The summed E-state index contributed by atoms with van der Waals surface area (Å²) in [5.74, 6) is -0.705. The van der Waals surface area contributed by atoms with Crippen molar-refractivity contribution in [2.24, 2.45) is 5.92 Å². The quantitative estimate of drug-likeness (QED) is 0.0531. The van der Waals surface area contributed by atoms with Gasteiger partial charge in [-0.1, -0.05) is 13.8 Å². The summed E-state index contributed by atoms with van der Waals surface area (Å²) in [7, 11) is 1.33. The molecule has 0 fully saturated rings. The Balaban J connectivity index is 1.18. The van der Waals surface area contributed by atoms with Crippen LogP contribution in [0.25, 0.3) is 0 Å². The van der Waals surface area contributed by atoms with Crippen molar-refractivity contribution in [2.75, 3.05) is 44.4 Å². The van der Waals surface area contributed by atoms with E-state index < -0.39 is 17.9 Å². The first-order valence-electron chi connectivity index (χ1n) is 16.0. The summed E-state index contributed by atoms with van der Waals surface area (Å²) in [4.78, 5) is 48.7. The number of hydrogen-bond acceptors (Lipinski definition) is 12. The smallest absolute Gasteiger partial charge is 0.343 e. The van der Waals surface area contributed by atoms with E-state index in [1.54, 1.807) is 60.7 Å². The zero-order valence-electron chi connectivity index (χ0n) is 28.4. The van der Waals surface area contributed by atoms with E-state index in [9.17, 15) is 19.2 Å². The molecule has 0 heterocycles. The lowest BCUT2D eigenvalue weighted by Crippen LogP contribution is -2.18. The largest absolute Gasteiger partial charge is 0.491 e. The number of anilines is 2. The molecule has 0 spiro atoms. The van der Waals surface area contributed by atoms with E-state index in [1.165, 1.54) is 31.4 Å². The Kier molecular flexibility index (Phi) is 13.7. The molecule has 0 amide bonds. The van der Waals surface area contributed by atoms with Crippen LogP contribution in [0, 0.1) is 12.8 Å². The van der Waals surface area contributed by atoms with E-state index >= 15 is 0 Å². The first-order valence-corrected chi connectivity index (χ1v) is 16.0. The molecule has 4 rings (SSSR count). The van der Waals surface area contributed by atoms with Gasteiger partial charge in [0, 0.05) is 0 Å². The van der Waals surface area contributed by atoms with E-state index in [2.05, 4.69) is 10.9 Å². The van der Waals surface area contributed by atoms with Gasteiger partial charge in [0.1, 0.15) is 30.5 Å². The highest BCUT2D eigenvalue weighted by Gasteiger charge is 2.14. The predicted molar refractivity (Wildman–Crippen MR) is 186 cm³/mol. The van der Waals surface area contributed by atoms with Crippen LogP contribution in [0.3, 0.4) is 0 Å². The first-order chi connectivity index (χ1) is 24.2. The first kappa shape index (κ1) is 36.9. The Hall–Kier alpha value is -5.88. The van der Waals surface area contributed by atoms with Crippen molar-refractivity contribution in [1.82, 2.24) is 0 Å². The van der Waals surface area contributed by atoms with Crippen LogP contribution in [0.5, 0.6) is 17.2 Å². The number of esters is 4. The highest BCUT2D eigenvalue weighted by Crippen LogP contribution is 2.24. The van der Waals surface area contributed by atoms with Crippen molar-refractivity contribution in [1.29, 1.82) is 0 Å². The molecule has 262 valence electrons. The molecular weight excluding hydrogens is 644 g/mol. The normalized spacial score (nSPS) is 11.1. The van der Waals surface area contributed by atoms with Crippen LogP contribution in [-0.2, 0) is 19.0 Å². The zero-order valence-corrected chi connectivity index (χ0v) is 28.4. The van der Waals surface area contributed by atoms with E-state index in [4.69, 9.17) is 28.4 Å². The third-order valence-electron chi connectivity index (χ3n) is 7.41. The van der Waals surface area contributed by atoms with Crippen molar-refractivity contribution >= 4 is 35.3 Å². The number of aryl methyl sites for hydroxylation is 1. The number of carbonyl (C=O) groups is 4. The lowest BCUT2D eigenvalue weighted by Gasteiger charge is -2.13. The van der Waals surface area contributed by atoms with Gasteiger partial charge in [-0.25, -0.2) is 14.4 Å². The molecule has 0 aliphatic carbocycles. The van der Waals surface area contributed by atoms with Gasteiger partial charge in [-0.3, -0.25) is 4.79 Å². The molecule has 0 bridgehead atoms. The Morgan fingerprint density at radius 1 is 0.640 bits per heavy atom. The van der Waals surface area contributed by atoms with Gasteiger partial charge in [0.2, 0.25) is 0 Å². The third kappa shape index (κ3) is 11.1. The fourth-order valence-corrected chi connectivity index (χ4v) is 4.30. The standard InChI is InChI=1S/C38H40N2O10/c1-5-25(2)35(41)48-23-21-46-20-22-47-32-15-8-28(9-16-32)37(43)49-33-17-10-29(11-18-33)38(44)50-34-19-14-31(24-26(34)3)40-39-30-12-6-27(7-13-30)36(42)45-4/h6-19,24-25,39-40H,5,20-23H2,1-4H3. The number of nitrogens with one attached hydrogen (secondary N) is 2. The molecule has 4 aromatic rings. The number of rotatable bonds is 17. The molecule has 0 saturated carbocycles. The summed E-state index contributed by atoms with van der Waals surface area (Å²) in [6.45, 7) is 6.63. The van der Waals surface area contributed by atoms with Crippen LogP contribution in [0.2, 0.25) is 0 Å². The number of hydrazine groups is 1. The SMILES string of the molecule is CCC(C)C(=O)OCCOCCOc1ccc(C(=O)Oc2ccc(C(=O)Oc3ccc(NNc4ccc(C(=O)OC)cc4)cc3C)cc2)cc1. The van der Waals surface area contributed by atoms with Gasteiger partial charge < -0.3 is 39.3 Å². The molecule has 2 N–H and O–H groups in total. The Morgan fingerprint density at radius 3 is 1.80 bits per heavy atom. The van der Waals surface area contributed by atoms with Crippen LogP contribution < -0.4 is 25.1 Å². The van der Waals surface area contributed by atoms with E-state index in [0.717, 1.165) is 23.4 Å². The zero-order chi connectivity index (χ0) is 35.9. The van der Waals surface area contributed by atoms with Gasteiger partial charge in [0.15, 0.2) is 0 Å². The molecule has 4 aromatic carbocycles. The Morgan fingerprint density at radius 2 is 1.18 bits per heavy atom. The van der Waals surface area contributed by atoms with Crippen molar-refractivity contribution in [3.05, 3.63) is 113 Å². The number of methoxy groups -OCH3 is 1. The second-order valence-electron chi connectivity index (χ2n) is 11.1. The molecule has 0 aliphatic heterocycles. The number of ether oxygens (including phenoxy) is 6. The van der Waals surface area contributed by atoms with Crippen LogP contribution in [0.1, 0.15) is 56.9 Å². The molecular formula is C38H40N2O10. The number of hydrogen-bond donors (Lipinski definition) is 2. The molecule has 0 radical (unpaired) electrons. The molecule has 12 nitrogen and oxygen atoms in total.